The van der Waals surface area contributed by atoms with Gasteiger partial charge in [-0.3, -0.25) is 0 Å². The van der Waals surface area contributed by atoms with Crippen LogP contribution < -0.4 is 10.1 Å². The first-order chi connectivity index (χ1) is 9.38. The molecule has 0 saturated carbocycles. The summed E-state index contributed by atoms with van der Waals surface area (Å²) in [6.07, 6.45) is 5.36. The number of benzene rings is 1. The monoisotopic (exact) mass is 263 g/mol. The van der Waals surface area contributed by atoms with E-state index in [1.165, 1.54) is 24.8 Å². The van der Waals surface area contributed by atoms with Gasteiger partial charge >= 0.3 is 0 Å². The van der Waals surface area contributed by atoms with Crippen molar-refractivity contribution in [2.75, 3.05) is 19.8 Å². The second-order valence-corrected chi connectivity index (χ2v) is 5.03. The molecular formula is C16H25NO2. The average molecular weight is 263 g/mol. The number of hydrogen-bond donors (Lipinski definition) is 1. The first kappa shape index (κ1) is 14.4. The summed E-state index contributed by atoms with van der Waals surface area (Å²) in [5.74, 6) is 0.956. The lowest BCUT2D eigenvalue weighted by Crippen LogP contribution is -2.25. The highest BCUT2D eigenvalue weighted by Crippen LogP contribution is 2.15. The summed E-state index contributed by atoms with van der Waals surface area (Å²) in [7, 11) is 0. The summed E-state index contributed by atoms with van der Waals surface area (Å²) < 4.78 is 11.2. The van der Waals surface area contributed by atoms with Gasteiger partial charge in [-0.05, 0) is 56.8 Å². The van der Waals surface area contributed by atoms with Crippen molar-refractivity contribution in [3.05, 3.63) is 29.8 Å². The van der Waals surface area contributed by atoms with Crippen molar-refractivity contribution in [1.82, 2.24) is 5.32 Å². The first-order valence-corrected chi connectivity index (χ1v) is 7.42. The van der Waals surface area contributed by atoms with E-state index in [1.807, 2.05) is 19.1 Å². The highest BCUT2D eigenvalue weighted by atomic mass is 16.5. The minimum atomic E-state index is 0.469. The van der Waals surface area contributed by atoms with Crippen LogP contribution in [0.15, 0.2) is 24.3 Å². The van der Waals surface area contributed by atoms with Crippen LogP contribution in [0.2, 0.25) is 0 Å². The zero-order chi connectivity index (χ0) is 13.3. The zero-order valence-corrected chi connectivity index (χ0v) is 11.9. The van der Waals surface area contributed by atoms with Gasteiger partial charge in [-0.15, -0.1) is 0 Å². The molecule has 0 radical (unpaired) electrons. The molecule has 1 atom stereocenters. The molecule has 1 aliphatic heterocycles. The topological polar surface area (TPSA) is 30.5 Å². The van der Waals surface area contributed by atoms with E-state index < -0.39 is 0 Å². The highest BCUT2D eigenvalue weighted by Gasteiger charge is 2.12. The molecule has 3 heteroatoms. The summed E-state index contributed by atoms with van der Waals surface area (Å²) in [4.78, 5) is 0. The molecule has 0 amide bonds. The van der Waals surface area contributed by atoms with Crippen LogP contribution in [-0.2, 0) is 11.3 Å². The number of rotatable bonds is 7. The minimum Gasteiger partial charge on any atom is -0.494 e. The molecule has 106 valence electrons. The molecule has 19 heavy (non-hydrogen) atoms. The normalized spacial score (nSPS) is 19.3. The molecule has 3 nitrogen and oxygen atoms in total. The van der Waals surface area contributed by atoms with Gasteiger partial charge in [0.05, 0.1) is 12.7 Å². The van der Waals surface area contributed by atoms with E-state index in [1.54, 1.807) is 0 Å². The van der Waals surface area contributed by atoms with Crippen LogP contribution in [0.3, 0.4) is 0 Å². The van der Waals surface area contributed by atoms with Gasteiger partial charge in [0, 0.05) is 13.2 Å². The molecular weight excluding hydrogens is 238 g/mol. The highest BCUT2D eigenvalue weighted by molar-refractivity contribution is 5.28. The SMILES string of the molecule is CCOc1cccc(CNCCC2CCCCO2)c1. The molecule has 0 aromatic heterocycles. The Morgan fingerprint density at radius 1 is 1.37 bits per heavy atom. The Bertz CT molecular complexity index is 362. The number of nitrogens with one attached hydrogen (secondary N) is 1. The molecule has 1 N–H and O–H groups in total. The van der Waals surface area contributed by atoms with E-state index in [2.05, 4.69) is 17.4 Å². The third kappa shape index (κ3) is 5.21. The summed E-state index contributed by atoms with van der Waals surface area (Å²) in [6, 6.07) is 8.29. The van der Waals surface area contributed by atoms with E-state index in [0.717, 1.165) is 38.5 Å². The lowest BCUT2D eigenvalue weighted by molar-refractivity contribution is 0.0115. The van der Waals surface area contributed by atoms with Gasteiger partial charge in [0.15, 0.2) is 0 Å². The molecule has 1 aromatic rings. The Hall–Kier alpha value is -1.06. The fraction of sp³-hybridized carbons (Fsp3) is 0.625. The largest absolute Gasteiger partial charge is 0.494 e. The van der Waals surface area contributed by atoms with Gasteiger partial charge < -0.3 is 14.8 Å². The van der Waals surface area contributed by atoms with Crippen molar-refractivity contribution in [2.24, 2.45) is 0 Å². The first-order valence-electron chi connectivity index (χ1n) is 7.42. The molecule has 1 heterocycles. The molecule has 1 aliphatic rings. The predicted octanol–water partition coefficient (Wildman–Crippen LogP) is 3.13. The third-order valence-electron chi connectivity index (χ3n) is 3.46. The van der Waals surface area contributed by atoms with E-state index in [0.29, 0.717) is 6.10 Å². The Morgan fingerprint density at radius 2 is 2.32 bits per heavy atom. The molecule has 1 unspecified atom stereocenters. The van der Waals surface area contributed by atoms with Crippen LogP contribution in [0.5, 0.6) is 5.75 Å². The summed E-state index contributed by atoms with van der Waals surface area (Å²) in [6.45, 7) is 5.59. The van der Waals surface area contributed by atoms with Crippen LogP contribution in [0.1, 0.15) is 38.2 Å². The maximum absolute atomic E-state index is 5.72. The van der Waals surface area contributed by atoms with Crippen LogP contribution >= 0.6 is 0 Å². The maximum Gasteiger partial charge on any atom is 0.119 e. The zero-order valence-electron chi connectivity index (χ0n) is 11.9. The molecule has 1 fully saturated rings. The van der Waals surface area contributed by atoms with E-state index in [-0.39, 0.29) is 0 Å². The summed E-state index contributed by atoms with van der Waals surface area (Å²) in [5.41, 5.74) is 1.27. The van der Waals surface area contributed by atoms with Crippen LogP contribution in [0.4, 0.5) is 0 Å². The molecule has 2 rings (SSSR count). The lowest BCUT2D eigenvalue weighted by Gasteiger charge is -2.22. The van der Waals surface area contributed by atoms with Crippen molar-refractivity contribution in [3.63, 3.8) is 0 Å². The molecule has 0 aliphatic carbocycles. The van der Waals surface area contributed by atoms with Crippen molar-refractivity contribution in [3.8, 4) is 5.75 Å². The second-order valence-electron chi connectivity index (χ2n) is 5.03. The van der Waals surface area contributed by atoms with Crippen molar-refractivity contribution < 1.29 is 9.47 Å². The van der Waals surface area contributed by atoms with Gasteiger partial charge in [-0.2, -0.15) is 0 Å². The Kier molecular flexibility index (Phi) is 6.18. The summed E-state index contributed by atoms with van der Waals surface area (Å²) in [5, 5.41) is 3.48. The van der Waals surface area contributed by atoms with Gasteiger partial charge in [0.1, 0.15) is 5.75 Å². The van der Waals surface area contributed by atoms with Gasteiger partial charge in [-0.1, -0.05) is 12.1 Å². The maximum atomic E-state index is 5.72. The smallest absolute Gasteiger partial charge is 0.119 e. The fourth-order valence-electron chi connectivity index (χ4n) is 2.44. The van der Waals surface area contributed by atoms with Gasteiger partial charge in [0.2, 0.25) is 0 Å². The van der Waals surface area contributed by atoms with Crippen molar-refractivity contribution in [1.29, 1.82) is 0 Å². The van der Waals surface area contributed by atoms with Crippen LogP contribution in [0.25, 0.3) is 0 Å². The number of ether oxygens (including phenoxy) is 2. The molecule has 1 saturated heterocycles. The minimum absolute atomic E-state index is 0.469. The van der Waals surface area contributed by atoms with Gasteiger partial charge in [0.25, 0.3) is 0 Å². The van der Waals surface area contributed by atoms with Crippen molar-refractivity contribution >= 4 is 0 Å². The van der Waals surface area contributed by atoms with Crippen LogP contribution in [-0.4, -0.2) is 25.9 Å². The average Bonchev–Trinajstić information content (AvgIpc) is 2.46. The second kappa shape index (κ2) is 8.18. The van der Waals surface area contributed by atoms with E-state index in [9.17, 15) is 0 Å². The molecule has 1 aromatic carbocycles. The quantitative estimate of drug-likeness (QED) is 0.767. The van der Waals surface area contributed by atoms with E-state index >= 15 is 0 Å². The predicted molar refractivity (Wildman–Crippen MR) is 77.5 cm³/mol. The van der Waals surface area contributed by atoms with E-state index in [4.69, 9.17) is 9.47 Å². The lowest BCUT2D eigenvalue weighted by atomic mass is 10.1. The Balaban J connectivity index is 1.65. The van der Waals surface area contributed by atoms with Crippen molar-refractivity contribution in [2.45, 2.75) is 45.3 Å². The fourth-order valence-corrected chi connectivity index (χ4v) is 2.44. The Morgan fingerprint density at radius 3 is 3.11 bits per heavy atom. The number of hydrogen-bond acceptors (Lipinski definition) is 3. The third-order valence-corrected chi connectivity index (χ3v) is 3.46. The standard InChI is InChI=1S/C16H25NO2/c1-2-18-16-8-5-6-14(12-16)13-17-10-9-15-7-3-4-11-19-15/h5-6,8,12,15,17H,2-4,7,9-11,13H2,1H3. The summed E-state index contributed by atoms with van der Waals surface area (Å²) >= 11 is 0. The van der Waals surface area contributed by atoms with Crippen LogP contribution in [0, 0.1) is 0 Å². The molecule has 0 bridgehead atoms. The van der Waals surface area contributed by atoms with Gasteiger partial charge in [-0.25, -0.2) is 0 Å². The Labute approximate surface area is 116 Å². The molecule has 0 spiro atoms.